The highest BCUT2D eigenvalue weighted by molar-refractivity contribution is 5.79. The Hall–Kier alpha value is -1.10. The third-order valence-corrected chi connectivity index (χ3v) is 4.99. The van der Waals surface area contributed by atoms with Crippen molar-refractivity contribution in [3.8, 4) is 0 Å². The first-order chi connectivity index (χ1) is 10.1. The first-order valence-corrected chi connectivity index (χ1v) is 8.35. The van der Waals surface area contributed by atoms with Crippen LogP contribution in [0, 0.1) is 5.41 Å². The van der Waals surface area contributed by atoms with E-state index in [1.165, 1.54) is 12.8 Å². The number of hydrogen-bond acceptors (Lipinski definition) is 3. The van der Waals surface area contributed by atoms with Crippen LogP contribution >= 0.6 is 0 Å². The fourth-order valence-electron chi connectivity index (χ4n) is 3.49. The number of nitrogens with one attached hydrogen (secondary N) is 1. The van der Waals surface area contributed by atoms with Crippen LogP contribution in [0.15, 0.2) is 0 Å². The second-order valence-corrected chi connectivity index (χ2v) is 6.58. The Morgan fingerprint density at radius 1 is 1.00 bits per heavy atom. The van der Waals surface area contributed by atoms with Gasteiger partial charge in [-0.05, 0) is 38.8 Å². The van der Waals surface area contributed by atoms with Gasteiger partial charge < -0.3 is 15.3 Å². The molecule has 0 bridgehead atoms. The quantitative estimate of drug-likeness (QED) is 0.736. The van der Waals surface area contributed by atoms with Gasteiger partial charge in [0.2, 0.25) is 5.91 Å². The molecule has 0 radical (unpaired) electrons. The Bertz CT molecular complexity index is 357. The van der Waals surface area contributed by atoms with E-state index in [9.17, 15) is 14.7 Å². The van der Waals surface area contributed by atoms with Crippen LogP contribution < -0.4 is 5.32 Å². The molecule has 0 aromatic carbocycles. The average Bonchev–Trinajstić information content (AvgIpc) is 2.87. The lowest BCUT2D eigenvalue weighted by molar-refractivity contribution is -0.149. The van der Waals surface area contributed by atoms with Crippen molar-refractivity contribution in [1.82, 2.24) is 10.2 Å². The van der Waals surface area contributed by atoms with Crippen LogP contribution in [-0.4, -0.2) is 48.1 Å². The molecular weight excluding hydrogens is 268 g/mol. The fourth-order valence-corrected chi connectivity index (χ4v) is 3.49. The number of likely N-dealkylation sites (tertiary alicyclic amines) is 1. The van der Waals surface area contributed by atoms with E-state index in [0.29, 0.717) is 25.8 Å². The zero-order valence-corrected chi connectivity index (χ0v) is 12.9. The standard InChI is InChI=1S/C16H28N2O3/c19-14(7-12-18-10-5-6-11-18)17-13-16(15(20)21)8-3-1-2-4-9-16/h1-13H2,(H,17,19)(H,20,21). The minimum atomic E-state index is -0.746. The summed E-state index contributed by atoms with van der Waals surface area (Å²) in [6.45, 7) is 3.27. The zero-order chi connectivity index (χ0) is 15.1. The van der Waals surface area contributed by atoms with Crippen LogP contribution in [0.25, 0.3) is 0 Å². The molecule has 21 heavy (non-hydrogen) atoms. The van der Waals surface area contributed by atoms with Crippen LogP contribution in [0.3, 0.4) is 0 Å². The summed E-state index contributed by atoms with van der Waals surface area (Å²) in [5, 5.41) is 12.4. The largest absolute Gasteiger partial charge is 0.481 e. The number of aliphatic carboxylic acids is 1. The van der Waals surface area contributed by atoms with E-state index in [2.05, 4.69) is 10.2 Å². The topological polar surface area (TPSA) is 69.6 Å². The summed E-state index contributed by atoms with van der Waals surface area (Å²) in [5.41, 5.74) is -0.736. The lowest BCUT2D eigenvalue weighted by Gasteiger charge is -2.28. The van der Waals surface area contributed by atoms with Crippen LogP contribution in [0.4, 0.5) is 0 Å². The Balaban J connectivity index is 1.77. The summed E-state index contributed by atoms with van der Waals surface area (Å²) in [6.07, 6.45) is 8.44. The molecule has 5 heteroatoms. The summed E-state index contributed by atoms with van der Waals surface area (Å²) >= 11 is 0. The van der Waals surface area contributed by atoms with Crippen molar-refractivity contribution >= 4 is 11.9 Å². The summed E-state index contributed by atoms with van der Waals surface area (Å²) in [6, 6.07) is 0. The molecule has 2 aliphatic rings. The Morgan fingerprint density at radius 2 is 1.62 bits per heavy atom. The maximum absolute atomic E-state index is 12.0. The maximum atomic E-state index is 12.0. The highest BCUT2D eigenvalue weighted by Gasteiger charge is 2.38. The second kappa shape index (κ2) is 7.78. The molecule has 120 valence electrons. The molecular formula is C16H28N2O3. The predicted octanol–water partition coefficient (Wildman–Crippen LogP) is 2.01. The van der Waals surface area contributed by atoms with Gasteiger partial charge >= 0.3 is 5.97 Å². The van der Waals surface area contributed by atoms with Crippen LogP contribution in [-0.2, 0) is 9.59 Å². The number of carboxylic acid groups (broad SMARTS) is 1. The Morgan fingerprint density at radius 3 is 2.19 bits per heavy atom. The van der Waals surface area contributed by atoms with Crippen molar-refractivity contribution in [1.29, 1.82) is 0 Å². The van der Waals surface area contributed by atoms with Gasteiger partial charge in [0, 0.05) is 19.5 Å². The van der Waals surface area contributed by atoms with E-state index >= 15 is 0 Å². The average molecular weight is 296 g/mol. The van der Waals surface area contributed by atoms with Crippen molar-refractivity contribution < 1.29 is 14.7 Å². The van der Waals surface area contributed by atoms with Crippen LogP contribution in [0.2, 0.25) is 0 Å². The van der Waals surface area contributed by atoms with Crippen molar-refractivity contribution in [3.63, 3.8) is 0 Å². The molecule has 0 aromatic rings. The normalized spacial score (nSPS) is 22.7. The summed E-state index contributed by atoms with van der Waals surface area (Å²) in [5.74, 6) is -0.754. The van der Waals surface area contributed by atoms with E-state index < -0.39 is 11.4 Å². The minimum Gasteiger partial charge on any atom is -0.481 e. The highest BCUT2D eigenvalue weighted by atomic mass is 16.4. The van der Waals surface area contributed by atoms with Gasteiger partial charge in [0.05, 0.1) is 5.41 Å². The second-order valence-electron chi connectivity index (χ2n) is 6.58. The molecule has 5 nitrogen and oxygen atoms in total. The van der Waals surface area contributed by atoms with E-state index in [4.69, 9.17) is 0 Å². The van der Waals surface area contributed by atoms with E-state index in [1.807, 2.05) is 0 Å². The highest BCUT2D eigenvalue weighted by Crippen LogP contribution is 2.34. The molecule has 1 saturated heterocycles. The number of carbonyl (C=O) groups is 2. The molecule has 0 atom stereocenters. The van der Waals surface area contributed by atoms with Gasteiger partial charge in [-0.1, -0.05) is 25.7 Å². The third-order valence-electron chi connectivity index (χ3n) is 4.99. The van der Waals surface area contributed by atoms with Gasteiger partial charge in [-0.15, -0.1) is 0 Å². The number of nitrogens with zero attached hydrogens (tertiary/aromatic N) is 1. The molecule has 0 aromatic heterocycles. The molecule has 0 spiro atoms. The number of rotatable bonds is 6. The Labute approximate surface area is 127 Å². The van der Waals surface area contributed by atoms with E-state index in [0.717, 1.165) is 45.3 Å². The smallest absolute Gasteiger partial charge is 0.311 e. The van der Waals surface area contributed by atoms with Crippen molar-refractivity contribution in [3.05, 3.63) is 0 Å². The van der Waals surface area contributed by atoms with Gasteiger partial charge in [-0.2, -0.15) is 0 Å². The Kier molecular flexibility index (Phi) is 6.03. The molecule has 2 N–H and O–H groups in total. The predicted molar refractivity (Wildman–Crippen MR) is 81.1 cm³/mol. The number of amides is 1. The molecule has 1 aliphatic heterocycles. The van der Waals surface area contributed by atoms with Gasteiger partial charge in [0.15, 0.2) is 0 Å². The molecule has 1 saturated carbocycles. The molecule has 1 aliphatic carbocycles. The zero-order valence-electron chi connectivity index (χ0n) is 12.9. The molecule has 1 heterocycles. The van der Waals surface area contributed by atoms with Crippen molar-refractivity contribution in [2.45, 2.75) is 57.8 Å². The molecule has 0 unspecified atom stereocenters. The summed E-state index contributed by atoms with van der Waals surface area (Å²) in [4.78, 5) is 25.9. The summed E-state index contributed by atoms with van der Waals surface area (Å²) in [7, 11) is 0. The molecule has 1 amide bonds. The summed E-state index contributed by atoms with van der Waals surface area (Å²) < 4.78 is 0. The van der Waals surface area contributed by atoms with Crippen LogP contribution in [0.5, 0.6) is 0 Å². The molecule has 2 fully saturated rings. The van der Waals surface area contributed by atoms with Gasteiger partial charge in [0.25, 0.3) is 0 Å². The first kappa shape index (κ1) is 16.3. The van der Waals surface area contributed by atoms with Crippen molar-refractivity contribution in [2.75, 3.05) is 26.2 Å². The van der Waals surface area contributed by atoms with E-state index in [1.54, 1.807) is 0 Å². The van der Waals surface area contributed by atoms with Gasteiger partial charge in [-0.3, -0.25) is 9.59 Å². The maximum Gasteiger partial charge on any atom is 0.311 e. The first-order valence-electron chi connectivity index (χ1n) is 8.35. The lowest BCUT2D eigenvalue weighted by atomic mass is 9.80. The number of carboxylic acids is 1. The van der Waals surface area contributed by atoms with Gasteiger partial charge in [0.1, 0.15) is 0 Å². The number of carbonyl (C=O) groups excluding carboxylic acids is 1. The number of hydrogen-bond donors (Lipinski definition) is 2. The van der Waals surface area contributed by atoms with Crippen LogP contribution in [0.1, 0.15) is 57.8 Å². The SMILES string of the molecule is O=C(CCN1CCCC1)NCC1(C(=O)O)CCCCCC1. The molecule has 2 rings (SSSR count). The third kappa shape index (κ3) is 4.70. The minimum absolute atomic E-state index is 0.00762. The lowest BCUT2D eigenvalue weighted by Crippen LogP contribution is -2.43. The fraction of sp³-hybridized carbons (Fsp3) is 0.875. The van der Waals surface area contributed by atoms with Gasteiger partial charge in [-0.25, -0.2) is 0 Å². The van der Waals surface area contributed by atoms with E-state index in [-0.39, 0.29) is 5.91 Å². The monoisotopic (exact) mass is 296 g/mol. The van der Waals surface area contributed by atoms with Crippen molar-refractivity contribution in [2.24, 2.45) is 5.41 Å².